The minimum absolute atomic E-state index is 0.184. The van der Waals surface area contributed by atoms with Crippen molar-refractivity contribution in [2.24, 2.45) is 0 Å². The van der Waals surface area contributed by atoms with E-state index in [0.29, 0.717) is 17.8 Å². The van der Waals surface area contributed by atoms with Gasteiger partial charge >= 0.3 is 5.97 Å². The second-order valence-electron chi connectivity index (χ2n) is 4.50. The van der Waals surface area contributed by atoms with E-state index >= 15 is 0 Å². The number of aromatic nitrogens is 2. The van der Waals surface area contributed by atoms with E-state index < -0.39 is 5.97 Å². The summed E-state index contributed by atoms with van der Waals surface area (Å²) in [6, 6.07) is 8.54. The maximum atomic E-state index is 12.0. The standard InChI is InChI=1S/C15H16N2O4/c1-10-8-13(18)17(15(16-10)21-3)9-11-4-6-12(7-5-11)14(19)20-2/h4-8H,9H2,1-3H3. The van der Waals surface area contributed by atoms with Crippen molar-refractivity contribution >= 4 is 5.97 Å². The van der Waals surface area contributed by atoms with Crippen molar-refractivity contribution in [3.8, 4) is 6.01 Å². The predicted molar refractivity (Wildman–Crippen MR) is 76.7 cm³/mol. The zero-order chi connectivity index (χ0) is 15.4. The number of methoxy groups -OCH3 is 2. The molecule has 21 heavy (non-hydrogen) atoms. The van der Waals surface area contributed by atoms with Crippen LogP contribution >= 0.6 is 0 Å². The molecule has 0 saturated heterocycles. The van der Waals surface area contributed by atoms with Gasteiger partial charge in [-0.25, -0.2) is 9.78 Å². The van der Waals surface area contributed by atoms with Crippen LogP contribution in [0.15, 0.2) is 35.1 Å². The van der Waals surface area contributed by atoms with Crippen LogP contribution in [-0.2, 0) is 11.3 Å². The number of aryl methyl sites for hydroxylation is 1. The first-order chi connectivity index (χ1) is 10.0. The first-order valence-electron chi connectivity index (χ1n) is 6.35. The molecule has 0 amide bonds. The van der Waals surface area contributed by atoms with Crippen LogP contribution in [-0.4, -0.2) is 29.7 Å². The van der Waals surface area contributed by atoms with Gasteiger partial charge in [0.15, 0.2) is 0 Å². The average Bonchev–Trinajstić information content (AvgIpc) is 2.49. The minimum Gasteiger partial charge on any atom is -0.468 e. The topological polar surface area (TPSA) is 70.4 Å². The Balaban J connectivity index is 2.30. The van der Waals surface area contributed by atoms with Crippen LogP contribution in [0, 0.1) is 6.92 Å². The van der Waals surface area contributed by atoms with Gasteiger partial charge in [0.05, 0.1) is 26.3 Å². The highest BCUT2D eigenvalue weighted by molar-refractivity contribution is 5.89. The molecular formula is C15H16N2O4. The highest BCUT2D eigenvalue weighted by atomic mass is 16.5. The van der Waals surface area contributed by atoms with E-state index in [1.807, 2.05) is 0 Å². The molecule has 2 rings (SSSR count). The molecule has 110 valence electrons. The second-order valence-corrected chi connectivity index (χ2v) is 4.50. The Labute approximate surface area is 122 Å². The molecule has 0 atom stereocenters. The monoisotopic (exact) mass is 288 g/mol. The van der Waals surface area contributed by atoms with Gasteiger partial charge in [0, 0.05) is 11.8 Å². The summed E-state index contributed by atoms with van der Waals surface area (Å²) in [5.41, 5.74) is 1.74. The molecular weight excluding hydrogens is 272 g/mol. The summed E-state index contributed by atoms with van der Waals surface area (Å²) in [5, 5.41) is 0. The van der Waals surface area contributed by atoms with Gasteiger partial charge in [-0.1, -0.05) is 12.1 Å². The van der Waals surface area contributed by atoms with Crippen molar-refractivity contribution in [1.29, 1.82) is 0 Å². The molecule has 2 aromatic rings. The molecule has 0 radical (unpaired) electrons. The lowest BCUT2D eigenvalue weighted by Gasteiger charge is -2.11. The van der Waals surface area contributed by atoms with E-state index in [-0.39, 0.29) is 11.6 Å². The normalized spacial score (nSPS) is 10.2. The molecule has 6 heteroatoms. The van der Waals surface area contributed by atoms with Crippen molar-refractivity contribution < 1.29 is 14.3 Å². The number of carbonyl (C=O) groups is 1. The third kappa shape index (κ3) is 3.28. The van der Waals surface area contributed by atoms with E-state index in [1.165, 1.54) is 24.9 Å². The number of hydrogen-bond donors (Lipinski definition) is 0. The summed E-state index contributed by atoms with van der Waals surface area (Å²) >= 11 is 0. The van der Waals surface area contributed by atoms with Gasteiger partial charge in [0.1, 0.15) is 0 Å². The largest absolute Gasteiger partial charge is 0.468 e. The molecule has 0 aliphatic carbocycles. The summed E-state index contributed by atoms with van der Waals surface area (Å²) in [6.45, 7) is 2.05. The van der Waals surface area contributed by atoms with Gasteiger partial charge in [-0.15, -0.1) is 0 Å². The predicted octanol–water partition coefficient (Wildman–Crippen LogP) is 1.40. The number of nitrogens with zero attached hydrogens (tertiary/aromatic N) is 2. The smallest absolute Gasteiger partial charge is 0.337 e. The van der Waals surface area contributed by atoms with Gasteiger partial charge in [-0.2, -0.15) is 0 Å². The van der Waals surface area contributed by atoms with Crippen molar-refractivity contribution in [2.75, 3.05) is 14.2 Å². The Morgan fingerprint density at radius 1 is 1.24 bits per heavy atom. The highest BCUT2D eigenvalue weighted by Gasteiger charge is 2.09. The van der Waals surface area contributed by atoms with E-state index in [0.717, 1.165) is 5.56 Å². The maximum Gasteiger partial charge on any atom is 0.337 e. The summed E-state index contributed by atoms with van der Waals surface area (Å²) in [4.78, 5) is 27.6. The summed E-state index contributed by atoms with van der Waals surface area (Å²) in [7, 11) is 2.80. The van der Waals surface area contributed by atoms with Crippen LogP contribution in [0.4, 0.5) is 0 Å². The SMILES string of the molecule is COC(=O)c1ccc(Cn2c(OC)nc(C)cc2=O)cc1. The van der Waals surface area contributed by atoms with Crippen LogP contribution in [0.5, 0.6) is 6.01 Å². The lowest BCUT2D eigenvalue weighted by Crippen LogP contribution is -2.23. The van der Waals surface area contributed by atoms with Gasteiger partial charge < -0.3 is 9.47 Å². The van der Waals surface area contributed by atoms with Gasteiger partial charge in [-0.05, 0) is 24.6 Å². The summed E-state index contributed by atoms with van der Waals surface area (Å²) < 4.78 is 11.2. The molecule has 0 aliphatic rings. The number of hydrogen-bond acceptors (Lipinski definition) is 5. The minimum atomic E-state index is -0.395. The summed E-state index contributed by atoms with van der Waals surface area (Å²) in [6.07, 6.45) is 0. The van der Waals surface area contributed by atoms with Crippen LogP contribution in [0.2, 0.25) is 0 Å². The number of carbonyl (C=O) groups excluding carboxylic acids is 1. The lowest BCUT2D eigenvalue weighted by atomic mass is 10.1. The molecule has 1 aromatic heterocycles. The third-order valence-electron chi connectivity index (χ3n) is 3.00. The molecule has 1 aromatic carbocycles. The molecule has 0 spiro atoms. The number of ether oxygens (including phenoxy) is 2. The Kier molecular flexibility index (Phi) is 4.37. The molecule has 0 aliphatic heterocycles. The molecule has 1 heterocycles. The third-order valence-corrected chi connectivity index (χ3v) is 3.00. The number of rotatable bonds is 4. The van der Waals surface area contributed by atoms with Crippen molar-refractivity contribution in [2.45, 2.75) is 13.5 Å². The Hall–Kier alpha value is -2.63. The number of benzene rings is 1. The number of esters is 1. The van der Waals surface area contributed by atoms with Gasteiger partial charge in [-0.3, -0.25) is 9.36 Å². The van der Waals surface area contributed by atoms with E-state index in [4.69, 9.17) is 4.74 Å². The van der Waals surface area contributed by atoms with Gasteiger partial charge in [0.25, 0.3) is 11.6 Å². The fourth-order valence-corrected chi connectivity index (χ4v) is 1.94. The van der Waals surface area contributed by atoms with Crippen LogP contribution in [0.25, 0.3) is 0 Å². The van der Waals surface area contributed by atoms with Crippen molar-refractivity contribution in [3.63, 3.8) is 0 Å². The molecule has 0 bridgehead atoms. The van der Waals surface area contributed by atoms with Crippen LogP contribution < -0.4 is 10.3 Å². The Morgan fingerprint density at radius 3 is 2.48 bits per heavy atom. The van der Waals surface area contributed by atoms with Crippen molar-refractivity contribution in [1.82, 2.24) is 9.55 Å². The average molecular weight is 288 g/mol. The molecule has 0 unspecified atom stereocenters. The molecule has 0 saturated carbocycles. The summed E-state index contributed by atoms with van der Waals surface area (Å²) in [5.74, 6) is -0.395. The molecule has 0 N–H and O–H groups in total. The zero-order valence-electron chi connectivity index (χ0n) is 12.1. The Bertz CT molecular complexity index is 705. The Morgan fingerprint density at radius 2 is 1.90 bits per heavy atom. The van der Waals surface area contributed by atoms with E-state index in [1.54, 1.807) is 31.2 Å². The van der Waals surface area contributed by atoms with Gasteiger partial charge in [0.2, 0.25) is 0 Å². The van der Waals surface area contributed by atoms with E-state index in [2.05, 4.69) is 9.72 Å². The molecule has 0 fully saturated rings. The van der Waals surface area contributed by atoms with Crippen LogP contribution in [0.1, 0.15) is 21.6 Å². The quantitative estimate of drug-likeness (QED) is 0.795. The fraction of sp³-hybridized carbons (Fsp3) is 0.267. The highest BCUT2D eigenvalue weighted by Crippen LogP contribution is 2.10. The first kappa shape index (κ1) is 14.8. The van der Waals surface area contributed by atoms with Crippen molar-refractivity contribution in [3.05, 3.63) is 57.5 Å². The second kappa shape index (κ2) is 6.21. The fourth-order valence-electron chi connectivity index (χ4n) is 1.94. The van der Waals surface area contributed by atoms with E-state index in [9.17, 15) is 9.59 Å². The zero-order valence-corrected chi connectivity index (χ0v) is 12.1. The first-order valence-corrected chi connectivity index (χ1v) is 6.35. The lowest BCUT2D eigenvalue weighted by molar-refractivity contribution is 0.0600. The molecule has 6 nitrogen and oxygen atoms in total. The van der Waals surface area contributed by atoms with Crippen LogP contribution in [0.3, 0.4) is 0 Å². The maximum absolute atomic E-state index is 12.0.